The van der Waals surface area contributed by atoms with Crippen molar-refractivity contribution >= 4 is 11.9 Å². The van der Waals surface area contributed by atoms with E-state index < -0.39 is 0 Å². The smallest absolute Gasteiger partial charge is 0.257 e. The molecule has 2 aromatic heterocycles. The van der Waals surface area contributed by atoms with E-state index in [2.05, 4.69) is 14.9 Å². The second-order valence-corrected chi connectivity index (χ2v) is 7.29. The van der Waals surface area contributed by atoms with E-state index >= 15 is 0 Å². The lowest BCUT2D eigenvalue weighted by molar-refractivity contribution is 0.0598. The van der Waals surface area contributed by atoms with Crippen molar-refractivity contribution in [3.63, 3.8) is 0 Å². The van der Waals surface area contributed by atoms with Crippen LogP contribution in [0.2, 0.25) is 0 Å². The standard InChI is InChI=1S/C19H24N4O3/c1-25-13-16-11-19(14-23(16)18-20-6-2-7-21-18)4-8-22(9-5-19)17(24)15-3-10-26-12-15/h2-3,6-7,10,12,16H,4-5,8-9,11,13-14H2,1H3. The number of ether oxygens (including phenoxy) is 1. The highest BCUT2D eigenvalue weighted by Crippen LogP contribution is 2.44. The molecule has 0 aromatic carbocycles. The van der Waals surface area contributed by atoms with Crippen LogP contribution < -0.4 is 4.90 Å². The second kappa shape index (κ2) is 7.07. The maximum Gasteiger partial charge on any atom is 0.257 e. The highest BCUT2D eigenvalue weighted by molar-refractivity contribution is 5.93. The molecular weight excluding hydrogens is 332 g/mol. The minimum absolute atomic E-state index is 0.0586. The molecule has 2 aromatic rings. The van der Waals surface area contributed by atoms with Gasteiger partial charge in [0, 0.05) is 39.1 Å². The fraction of sp³-hybridized carbons (Fsp3) is 0.526. The first-order valence-corrected chi connectivity index (χ1v) is 9.05. The number of amides is 1. The minimum Gasteiger partial charge on any atom is -0.472 e. The first-order valence-electron chi connectivity index (χ1n) is 9.05. The van der Waals surface area contributed by atoms with E-state index in [0.29, 0.717) is 12.2 Å². The number of furan rings is 1. The number of aromatic nitrogens is 2. The predicted molar refractivity (Wildman–Crippen MR) is 95.9 cm³/mol. The van der Waals surface area contributed by atoms with E-state index in [0.717, 1.165) is 44.8 Å². The molecule has 4 heterocycles. The summed E-state index contributed by atoms with van der Waals surface area (Å²) >= 11 is 0. The van der Waals surface area contributed by atoms with Crippen LogP contribution in [-0.4, -0.2) is 60.2 Å². The zero-order chi connectivity index (χ0) is 18.0. The molecule has 1 atom stereocenters. The summed E-state index contributed by atoms with van der Waals surface area (Å²) in [7, 11) is 1.74. The molecule has 1 unspecified atom stereocenters. The zero-order valence-electron chi connectivity index (χ0n) is 15.0. The van der Waals surface area contributed by atoms with Gasteiger partial charge in [0.15, 0.2) is 0 Å². The zero-order valence-corrected chi connectivity index (χ0v) is 15.0. The van der Waals surface area contributed by atoms with Crippen molar-refractivity contribution < 1.29 is 13.9 Å². The van der Waals surface area contributed by atoms with Crippen molar-refractivity contribution in [1.29, 1.82) is 0 Å². The van der Waals surface area contributed by atoms with Crippen molar-refractivity contribution in [3.05, 3.63) is 42.6 Å². The number of carbonyl (C=O) groups is 1. The molecule has 0 radical (unpaired) electrons. The number of methoxy groups -OCH3 is 1. The van der Waals surface area contributed by atoms with Gasteiger partial charge in [-0.05, 0) is 36.8 Å². The second-order valence-electron chi connectivity index (χ2n) is 7.29. The molecule has 0 saturated carbocycles. The molecule has 0 N–H and O–H groups in total. The Labute approximate surface area is 153 Å². The Hall–Kier alpha value is -2.41. The van der Waals surface area contributed by atoms with Crippen LogP contribution in [0, 0.1) is 5.41 Å². The average Bonchev–Trinajstić information content (AvgIpc) is 3.32. The minimum atomic E-state index is 0.0586. The number of likely N-dealkylation sites (tertiary alicyclic amines) is 1. The highest BCUT2D eigenvalue weighted by Gasteiger charge is 2.46. The third-order valence-corrected chi connectivity index (χ3v) is 5.66. The van der Waals surface area contributed by atoms with E-state index in [9.17, 15) is 4.79 Å². The van der Waals surface area contributed by atoms with Gasteiger partial charge in [-0.15, -0.1) is 0 Å². The number of carbonyl (C=O) groups excluding carboxylic acids is 1. The van der Waals surface area contributed by atoms with Crippen molar-refractivity contribution in [2.75, 3.05) is 38.3 Å². The molecule has 0 bridgehead atoms. The van der Waals surface area contributed by atoms with Crippen LogP contribution in [0.25, 0.3) is 0 Å². The molecule has 4 rings (SSSR count). The number of anilines is 1. The Kier molecular flexibility index (Phi) is 4.63. The van der Waals surface area contributed by atoms with Gasteiger partial charge >= 0.3 is 0 Å². The van der Waals surface area contributed by atoms with Gasteiger partial charge in [0.1, 0.15) is 6.26 Å². The topological polar surface area (TPSA) is 71.7 Å². The van der Waals surface area contributed by atoms with Gasteiger partial charge in [-0.25, -0.2) is 9.97 Å². The van der Waals surface area contributed by atoms with E-state index in [4.69, 9.17) is 9.15 Å². The summed E-state index contributed by atoms with van der Waals surface area (Å²) in [6, 6.07) is 3.84. The summed E-state index contributed by atoms with van der Waals surface area (Å²) in [5.41, 5.74) is 0.819. The first kappa shape index (κ1) is 17.0. The molecule has 2 aliphatic rings. The molecule has 26 heavy (non-hydrogen) atoms. The molecule has 7 heteroatoms. The number of rotatable bonds is 4. The Morgan fingerprint density at radius 1 is 1.35 bits per heavy atom. The quantitative estimate of drug-likeness (QED) is 0.836. The van der Waals surface area contributed by atoms with Gasteiger partial charge < -0.3 is 19.0 Å². The lowest BCUT2D eigenvalue weighted by Gasteiger charge is -2.39. The van der Waals surface area contributed by atoms with E-state index in [1.807, 2.05) is 11.0 Å². The predicted octanol–water partition coefficient (Wildman–Crippen LogP) is 2.22. The molecule has 2 fully saturated rings. The molecule has 7 nitrogen and oxygen atoms in total. The summed E-state index contributed by atoms with van der Waals surface area (Å²) in [4.78, 5) is 25.6. The Morgan fingerprint density at radius 2 is 2.12 bits per heavy atom. The van der Waals surface area contributed by atoms with Crippen LogP contribution in [0.5, 0.6) is 0 Å². The first-order chi connectivity index (χ1) is 12.7. The van der Waals surface area contributed by atoms with Crippen LogP contribution in [0.15, 0.2) is 41.5 Å². The van der Waals surface area contributed by atoms with Crippen molar-refractivity contribution in [2.24, 2.45) is 5.41 Å². The third kappa shape index (κ3) is 3.19. The highest BCUT2D eigenvalue weighted by atomic mass is 16.5. The van der Waals surface area contributed by atoms with Gasteiger partial charge in [0.05, 0.1) is 24.5 Å². The molecule has 2 saturated heterocycles. The molecule has 0 aliphatic carbocycles. The molecule has 2 aliphatic heterocycles. The van der Waals surface area contributed by atoms with E-state index in [1.54, 1.807) is 31.8 Å². The summed E-state index contributed by atoms with van der Waals surface area (Å²) in [6.07, 6.45) is 9.65. The van der Waals surface area contributed by atoms with Crippen molar-refractivity contribution in [1.82, 2.24) is 14.9 Å². The lowest BCUT2D eigenvalue weighted by Crippen LogP contribution is -2.44. The summed E-state index contributed by atoms with van der Waals surface area (Å²) in [5.74, 6) is 0.826. The van der Waals surface area contributed by atoms with Gasteiger partial charge in [-0.2, -0.15) is 0 Å². The van der Waals surface area contributed by atoms with Crippen molar-refractivity contribution in [3.8, 4) is 0 Å². The molecule has 1 amide bonds. The van der Waals surface area contributed by atoms with Crippen LogP contribution in [0.1, 0.15) is 29.6 Å². The van der Waals surface area contributed by atoms with Crippen molar-refractivity contribution in [2.45, 2.75) is 25.3 Å². The maximum absolute atomic E-state index is 12.5. The van der Waals surface area contributed by atoms with Crippen LogP contribution >= 0.6 is 0 Å². The fourth-order valence-electron chi connectivity index (χ4n) is 4.29. The Bertz CT molecular complexity index is 727. The van der Waals surface area contributed by atoms with E-state index in [1.165, 1.54) is 6.26 Å². The Morgan fingerprint density at radius 3 is 2.77 bits per heavy atom. The van der Waals surface area contributed by atoms with Gasteiger partial charge in [-0.3, -0.25) is 4.79 Å². The lowest BCUT2D eigenvalue weighted by atomic mass is 9.76. The van der Waals surface area contributed by atoms with Crippen LogP contribution in [-0.2, 0) is 4.74 Å². The Balaban J connectivity index is 1.46. The number of hydrogen-bond donors (Lipinski definition) is 0. The third-order valence-electron chi connectivity index (χ3n) is 5.66. The fourth-order valence-corrected chi connectivity index (χ4v) is 4.29. The summed E-state index contributed by atoms with van der Waals surface area (Å²) in [6.45, 7) is 3.12. The average molecular weight is 356 g/mol. The largest absolute Gasteiger partial charge is 0.472 e. The van der Waals surface area contributed by atoms with Crippen LogP contribution in [0.3, 0.4) is 0 Å². The van der Waals surface area contributed by atoms with Gasteiger partial charge in [0.2, 0.25) is 5.95 Å². The van der Waals surface area contributed by atoms with E-state index in [-0.39, 0.29) is 17.4 Å². The monoisotopic (exact) mass is 356 g/mol. The van der Waals surface area contributed by atoms with Gasteiger partial charge in [0.25, 0.3) is 5.91 Å². The number of piperidine rings is 1. The van der Waals surface area contributed by atoms with Crippen LogP contribution in [0.4, 0.5) is 5.95 Å². The number of nitrogens with zero attached hydrogens (tertiary/aromatic N) is 4. The molecular formula is C19H24N4O3. The maximum atomic E-state index is 12.5. The summed E-state index contributed by atoms with van der Waals surface area (Å²) in [5, 5.41) is 0. The molecule has 1 spiro atoms. The SMILES string of the molecule is COCC1CC2(CCN(C(=O)c3ccoc3)CC2)CN1c1ncccn1. The molecule has 138 valence electrons. The number of hydrogen-bond acceptors (Lipinski definition) is 6. The summed E-state index contributed by atoms with van der Waals surface area (Å²) < 4.78 is 10.5. The van der Waals surface area contributed by atoms with Gasteiger partial charge in [-0.1, -0.05) is 0 Å². The normalized spacial score (nSPS) is 22.1.